The van der Waals surface area contributed by atoms with E-state index in [0.29, 0.717) is 6.61 Å². The molecule has 106 valence electrons. The van der Waals surface area contributed by atoms with Crippen molar-refractivity contribution < 1.29 is 29.2 Å². The third-order valence-electron chi connectivity index (χ3n) is 3.42. The Balaban J connectivity index is 1.94. The number of methoxy groups -OCH3 is 1. The smallest absolute Gasteiger partial charge is 0.186 e. The predicted molar refractivity (Wildman–Crippen MR) is 61.8 cm³/mol. The van der Waals surface area contributed by atoms with Crippen molar-refractivity contribution in [3.8, 4) is 0 Å². The van der Waals surface area contributed by atoms with Crippen LogP contribution in [0.2, 0.25) is 0 Å². The van der Waals surface area contributed by atoms with Gasteiger partial charge < -0.3 is 29.2 Å². The maximum Gasteiger partial charge on any atom is 0.186 e. The van der Waals surface area contributed by atoms with Crippen LogP contribution in [0.1, 0.15) is 26.2 Å². The number of hydrogen-bond acceptors (Lipinski definition) is 6. The van der Waals surface area contributed by atoms with E-state index in [1.807, 2.05) is 0 Å². The van der Waals surface area contributed by atoms with Gasteiger partial charge in [-0.25, -0.2) is 0 Å². The summed E-state index contributed by atoms with van der Waals surface area (Å²) in [6, 6.07) is 0. The largest absolute Gasteiger partial charge is 0.387 e. The Morgan fingerprint density at radius 1 is 1.22 bits per heavy atom. The van der Waals surface area contributed by atoms with Crippen LogP contribution in [0.3, 0.4) is 0 Å². The summed E-state index contributed by atoms with van der Waals surface area (Å²) in [5, 5.41) is 19.8. The van der Waals surface area contributed by atoms with Crippen LogP contribution in [0.25, 0.3) is 0 Å². The van der Waals surface area contributed by atoms with Crippen molar-refractivity contribution in [2.75, 3.05) is 13.7 Å². The Morgan fingerprint density at radius 2 is 2.00 bits per heavy atom. The van der Waals surface area contributed by atoms with E-state index in [9.17, 15) is 10.2 Å². The first kappa shape index (κ1) is 14.2. The minimum atomic E-state index is -1.10. The average molecular weight is 262 g/mol. The van der Waals surface area contributed by atoms with Crippen LogP contribution in [0.5, 0.6) is 0 Å². The van der Waals surface area contributed by atoms with Crippen molar-refractivity contribution in [3.63, 3.8) is 0 Å². The quantitative estimate of drug-likeness (QED) is 0.743. The van der Waals surface area contributed by atoms with E-state index in [2.05, 4.69) is 6.92 Å². The molecule has 2 N–H and O–H groups in total. The number of aliphatic hydroxyl groups is 2. The first-order chi connectivity index (χ1) is 8.67. The summed E-state index contributed by atoms with van der Waals surface area (Å²) in [6.45, 7) is 2.44. The third-order valence-corrected chi connectivity index (χ3v) is 3.42. The van der Waals surface area contributed by atoms with Crippen LogP contribution in [0.15, 0.2) is 0 Å². The molecule has 0 aromatic carbocycles. The van der Waals surface area contributed by atoms with Crippen LogP contribution >= 0.6 is 0 Å². The highest BCUT2D eigenvalue weighted by Gasteiger charge is 2.48. The third kappa shape index (κ3) is 2.84. The van der Waals surface area contributed by atoms with Gasteiger partial charge in [-0.2, -0.15) is 0 Å². The molecule has 0 unspecified atom stereocenters. The molecule has 2 saturated heterocycles. The Kier molecular flexibility index (Phi) is 4.94. The molecule has 2 aliphatic rings. The summed E-state index contributed by atoms with van der Waals surface area (Å²) in [5.41, 5.74) is 0. The summed E-state index contributed by atoms with van der Waals surface area (Å²) < 4.78 is 21.6. The van der Waals surface area contributed by atoms with Gasteiger partial charge in [0.1, 0.15) is 24.4 Å². The van der Waals surface area contributed by atoms with E-state index in [0.717, 1.165) is 19.3 Å². The van der Waals surface area contributed by atoms with Crippen molar-refractivity contribution in [3.05, 3.63) is 0 Å². The average Bonchev–Trinajstić information content (AvgIpc) is 2.40. The van der Waals surface area contributed by atoms with Gasteiger partial charge in [-0.3, -0.25) is 0 Å². The topological polar surface area (TPSA) is 77.4 Å². The fourth-order valence-electron chi connectivity index (χ4n) is 2.34. The molecule has 0 spiro atoms. The van der Waals surface area contributed by atoms with Crippen molar-refractivity contribution >= 4 is 0 Å². The number of hydrogen-bond donors (Lipinski definition) is 2. The summed E-state index contributed by atoms with van der Waals surface area (Å²) in [4.78, 5) is 0. The molecule has 6 nitrogen and oxygen atoms in total. The van der Waals surface area contributed by atoms with Gasteiger partial charge >= 0.3 is 0 Å². The highest BCUT2D eigenvalue weighted by Crippen LogP contribution is 2.29. The first-order valence-electron chi connectivity index (χ1n) is 6.48. The number of unbranched alkanes of at least 4 members (excludes halogenated alkanes) is 1. The number of rotatable bonds is 4. The maximum atomic E-state index is 10.0. The fourth-order valence-corrected chi connectivity index (χ4v) is 2.34. The lowest BCUT2D eigenvalue weighted by Crippen LogP contribution is -2.63. The molecule has 6 atom stereocenters. The van der Waals surface area contributed by atoms with E-state index in [4.69, 9.17) is 18.9 Å². The molecule has 2 rings (SSSR count). The molecule has 0 aliphatic carbocycles. The Morgan fingerprint density at radius 3 is 2.67 bits per heavy atom. The van der Waals surface area contributed by atoms with E-state index >= 15 is 0 Å². The van der Waals surface area contributed by atoms with Gasteiger partial charge in [0, 0.05) is 7.11 Å². The van der Waals surface area contributed by atoms with Crippen LogP contribution in [-0.4, -0.2) is 60.9 Å². The molecule has 0 saturated carbocycles. The number of aliphatic hydroxyl groups excluding tert-OH is 2. The Bertz CT molecular complexity index is 259. The normalized spacial score (nSPS) is 44.7. The minimum absolute atomic E-state index is 0.323. The van der Waals surface area contributed by atoms with Gasteiger partial charge in [0.2, 0.25) is 0 Å². The van der Waals surface area contributed by atoms with Gasteiger partial charge in [-0.1, -0.05) is 13.3 Å². The zero-order valence-electron chi connectivity index (χ0n) is 10.8. The Labute approximate surface area is 107 Å². The summed E-state index contributed by atoms with van der Waals surface area (Å²) in [5.74, 6) is 0. The standard InChI is InChI=1S/C12H22O6/c1-3-4-5-8-16-6-7-11(18-8)9(13)10(14)12(15-2)17-7/h7-14H,3-6H2,1-2H3/t7-,8-,9-,10-,11-,12+/m1/s1. The zero-order valence-corrected chi connectivity index (χ0v) is 10.8. The first-order valence-corrected chi connectivity index (χ1v) is 6.48. The minimum Gasteiger partial charge on any atom is -0.387 e. The lowest BCUT2D eigenvalue weighted by molar-refractivity contribution is -0.356. The predicted octanol–water partition coefficient (Wildman–Crippen LogP) is 0.0112. The number of fused-ring (bicyclic) bond motifs is 1. The molecule has 6 heteroatoms. The maximum absolute atomic E-state index is 10.0. The monoisotopic (exact) mass is 262 g/mol. The van der Waals surface area contributed by atoms with Gasteiger partial charge in [0.25, 0.3) is 0 Å². The van der Waals surface area contributed by atoms with E-state index in [1.165, 1.54) is 7.11 Å². The van der Waals surface area contributed by atoms with Gasteiger partial charge in [-0.15, -0.1) is 0 Å². The van der Waals surface area contributed by atoms with E-state index < -0.39 is 30.7 Å². The summed E-state index contributed by atoms with van der Waals surface area (Å²) >= 11 is 0. The second-order valence-electron chi connectivity index (χ2n) is 4.77. The fraction of sp³-hybridized carbons (Fsp3) is 1.00. The molecule has 0 amide bonds. The van der Waals surface area contributed by atoms with Gasteiger partial charge in [0.15, 0.2) is 12.6 Å². The molecule has 2 fully saturated rings. The molecule has 0 bridgehead atoms. The van der Waals surface area contributed by atoms with Crippen molar-refractivity contribution in [2.45, 2.75) is 63.2 Å². The molecule has 2 aliphatic heterocycles. The van der Waals surface area contributed by atoms with Gasteiger partial charge in [0.05, 0.1) is 6.61 Å². The highest BCUT2D eigenvalue weighted by atomic mass is 16.7. The molecule has 0 radical (unpaired) electrons. The molecule has 18 heavy (non-hydrogen) atoms. The van der Waals surface area contributed by atoms with Crippen LogP contribution in [-0.2, 0) is 18.9 Å². The summed E-state index contributed by atoms with van der Waals surface area (Å²) in [7, 11) is 1.43. The van der Waals surface area contributed by atoms with Crippen molar-refractivity contribution in [2.24, 2.45) is 0 Å². The second kappa shape index (κ2) is 6.27. The molecule has 0 aromatic rings. The highest BCUT2D eigenvalue weighted by molar-refractivity contribution is 4.92. The van der Waals surface area contributed by atoms with E-state index in [-0.39, 0.29) is 6.29 Å². The zero-order chi connectivity index (χ0) is 13.1. The van der Waals surface area contributed by atoms with E-state index in [1.54, 1.807) is 0 Å². The lowest BCUT2D eigenvalue weighted by atomic mass is 9.98. The Hall–Kier alpha value is -0.240. The van der Waals surface area contributed by atoms with Crippen molar-refractivity contribution in [1.29, 1.82) is 0 Å². The molecule has 0 aromatic heterocycles. The lowest BCUT2D eigenvalue weighted by Gasteiger charge is -2.45. The van der Waals surface area contributed by atoms with Crippen molar-refractivity contribution in [1.82, 2.24) is 0 Å². The second-order valence-corrected chi connectivity index (χ2v) is 4.77. The van der Waals surface area contributed by atoms with Gasteiger partial charge in [-0.05, 0) is 12.8 Å². The molecule has 2 heterocycles. The van der Waals surface area contributed by atoms with Crippen LogP contribution < -0.4 is 0 Å². The summed E-state index contributed by atoms with van der Waals surface area (Å²) in [6.07, 6.45) is -1.36. The molecular weight excluding hydrogens is 240 g/mol. The number of ether oxygens (including phenoxy) is 4. The SMILES string of the molecule is CCCC[C@@H]1OC[C@H]2O[C@H](OC)[C@H](O)[C@@H](O)[C@@H]2O1. The van der Waals surface area contributed by atoms with Crippen LogP contribution in [0, 0.1) is 0 Å². The van der Waals surface area contributed by atoms with Crippen LogP contribution in [0.4, 0.5) is 0 Å². The molecular formula is C12H22O6.